The molecule has 0 saturated carbocycles. The summed E-state index contributed by atoms with van der Waals surface area (Å²) >= 11 is 0. The van der Waals surface area contributed by atoms with Crippen LogP contribution in [0, 0.1) is 5.92 Å². The van der Waals surface area contributed by atoms with Gasteiger partial charge in [0.05, 0.1) is 0 Å². The third kappa shape index (κ3) is 1.90. The molecule has 1 saturated heterocycles. The number of nitrogens with one attached hydrogen (secondary N) is 1. The first-order chi connectivity index (χ1) is 4.61. The Morgan fingerprint density at radius 2 is 1.80 bits per heavy atom. The van der Waals surface area contributed by atoms with Crippen LogP contribution in [-0.4, -0.2) is 19.0 Å². The maximum absolute atomic E-state index is 12.6. The van der Waals surface area contributed by atoms with E-state index in [9.17, 15) is 8.78 Å². The summed E-state index contributed by atoms with van der Waals surface area (Å²) in [5.41, 5.74) is 0. The standard InChI is InChI=1S/C7H13F2N/c1-7(8,9)6-2-4-10-5-3-6/h6,10H,2-5H2,1H3. The molecule has 0 aromatic rings. The van der Waals surface area contributed by atoms with Crippen molar-refractivity contribution >= 4 is 0 Å². The number of rotatable bonds is 1. The molecule has 1 heterocycles. The van der Waals surface area contributed by atoms with E-state index in [1.165, 1.54) is 0 Å². The summed E-state index contributed by atoms with van der Waals surface area (Å²) in [5, 5.41) is 3.05. The fourth-order valence-electron chi connectivity index (χ4n) is 1.33. The highest BCUT2D eigenvalue weighted by Crippen LogP contribution is 2.30. The van der Waals surface area contributed by atoms with Crippen LogP contribution in [0.1, 0.15) is 19.8 Å². The van der Waals surface area contributed by atoms with Gasteiger partial charge >= 0.3 is 0 Å². The van der Waals surface area contributed by atoms with Crippen LogP contribution in [0.3, 0.4) is 0 Å². The second kappa shape index (κ2) is 2.82. The summed E-state index contributed by atoms with van der Waals surface area (Å²) in [6.45, 7) is 2.51. The van der Waals surface area contributed by atoms with E-state index in [0.29, 0.717) is 12.8 Å². The van der Waals surface area contributed by atoms with Crippen LogP contribution in [0.5, 0.6) is 0 Å². The second-order valence-electron chi connectivity index (χ2n) is 2.98. The van der Waals surface area contributed by atoms with Gasteiger partial charge in [-0.3, -0.25) is 0 Å². The average molecular weight is 149 g/mol. The quantitative estimate of drug-likeness (QED) is 0.597. The van der Waals surface area contributed by atoms with E-state index < -0.39 is 11.8 Å². The molecule has 1 N–H and O–H groups in total. The molecule has 0 spiro atoms. The maximum Gasteiger partial charge on any atom is 0.248 e. The Morgan fingerprint density at radius 1 is 1.30 bits per heavy atom. The van der Waals surface area contributed by atoms with Gasteiger partial charge in [-0.05, 0) is 32.9 Å². The Bertz CT molecular complexity index is 103. The molecule has 1 fully saturated rings. The Hall–Kier alpha value is -0.180. The highest BCUT2D eigenvalue weighted by Gasteiger charge is 2.34. The van der Waals surface area contributed by atoms with Crippen LogP contribution in [-0.2, 0) is 0 Å². The van der Waals surface area contributed by atoms with Crippen LogP contribution in [0.4, 0.5) is 8.78 Å². The summed E-state index contributed by atoms with van der Waals surface area (Å²) in [5.74, 6) is -2.86. The van der Waals surface area contributed by atoms with Crippen molar-refractivity contribution in [2.24, 2.45) is 5.92 Å². The van der Waals surface area contributed by atoms with Crippen LogP contribution in [0.2, 0.25) is 0 Å². The van der Waals surface area contributed by atoms with Gasteiger partial charge in [0.15, 0.2) is 0 Å². The summed E-state index contributed by atoms with van der Waals surface area (Å²) < 4.78 is 25.2. The fraction of sp³-hybridized carbons (Fsp3) is 1.00. The topological polar surface area (TPSA) is 12.0 Å². The average Bonchev–Trinajstić information content (AvgIpc) is 1.88. The molecule has 0 radical (unpaired) electrons. The lowest BCUT2D eigenvalue weighted by molar-refractivity contribution is -0.0503. The molecule has 0 aromatic heterocycles. The summed E-state index contributed by atoms with van der Waals surface area (Å²) in [4.78, 5) is 0. The first-order valence-corrected chi connectivity index (χ1v) is 3.69. The normalized spacial score (nSPS) is 23.1. The first kappa shape index (κ1) is 7.92. The molecule has 60 valence electrons. The van der Waals surface area contributed by atoms with E-state index in [-0.39, 0.29) is 0 Å². The Labute approximate surface area is 59.8 Å². The van der Waals surface area contributed by atoms with Gasteiger partial charge in [-0.2, -0.15) is 0 Å². The van der Waals surface area contributed by atoms with Crippen molar-refractivity contribution in [1.29, 1.82) is 0 Å². The van der Waals surface area contributed by atoms with Gasteiger partial charge in [-0.15, -0.1) is 0 Å². The molecule has 10 heavy (non-hydrogen) atoms. The molecule has 0 aromatic carbocycles. The van der Waals surface area contributed by atoms with Gasteiger partial charge < -0.3 is 5.32 Å². The molecule has 1 nitrogen and oxygen atoms in total. The minimum Gasteiger partial charge on any atom is -0.317 e. The Kier molecular flexibility index (Phi) is 2.24. The zero-order valence-corrected chi connectivity index (χ0v) is 6.16. The lowest BCUT2D eigenvalue weighted by Gasteiger charge is -2.27. The summed E-state index contributed by atoms with van der Waals surface area (Å²) in [6.07, 6.45) is 1.23. The van der Waals surface area contributed by atoms with Gasteiger partial charge in [-0.25, -0.2) is 8.78 Å². The molecular formula is C7H13F2N. The highest BCUT2D eigenvalue weighted by molar-refractivity contribution is 4.77. The number of halogens is 2. The number of alkyl halides is 2. The summed E-state index contributed by atoms with van der Waals surface area (Å²) in [6, 6.07) is 0. The number of hydrogen-bond donors (Lipinski definition) is 1. The SMILES string of the molecule is CC(F)(F)C1CCNCC1. The highest BCUT2D eigenvalue weighted by atomic mass is 19.3. The predicted octanol–water partition coefficient (Wildman–Crippen LogP) is 1.64. The van der Waals surface area contributed by atoms with Gasteiger partial charge in [0.1, 0.15) is 0 Å². The van der Waals surface area contributed by atoms with E-state index in [1.807, 2.05) is 0 Å². The van der Waals surface area contributed by atoms with Crippen LogP contribution in [0.25, 0.3) is 0 Å². The van der Waals surface area contributed by atoms with E-state index in [1.54, 1.807) is 0 Å². The van der Waals surface area contributed by atoms with Crippen molar-refractivity contribution in [2.45, 2.75) is 25.7 Å². The fourth-order valence-corrected chi connectivity index (χ4v) is 1.33. The molecular weight excluding hydrogens is 136 g/mol. The molecule has 0 unspecified atom stereocenters. The maximum atomic E-state index is 12.6. The zero-order valence-electron chi connectivity index (χ0n) is 6.16. The van der Waals surface area contributed by atoms with Gasteiger partial charge in [-0.1, -0.05) is 0 Å². The number of piperidine rings is 1. The van der Waals surface area contributed by atoms with E-state index >= 15 is 0 Å². The van der Waals surface area contributed by atoms with Crippen molar-refractivity contribution < 1.29 is 8.78 Å². The van der Waals surface area contributed by atoms with Crippen molar-refractivity contribution in [3.8, 4) is 0 Å². The number of hydrogen-bond acceptors (Lipinski definition) is 1. The minimum absolute atomic E-state index is 0.395. The molecule has 3 heteroatoms. The molecule has 1 rings (SSSR count). The van der Waals surface area contributed by atoms with Crippen molar-refractivity contribution in [3.05, 3.63) is 0 Å². The minimum atomic E-state index is -2.47. The third-order valence-corrected chi connectivity index (χ3v) is 2.06. The molecule has 0 atom stereocenters. The van der Waals surface area contributed by atoms with Crippen molar-refractivity contribution in [3.63, 3.8) is 0 Å². The second-order valence-corrected chi connectivity index (χ2v) is 2.98. The molecule has 0 aliphatic carbocycles. The summed E-state index contributed by atoms with van der Waals surface area (Å²) in [7, 11) is 0. The smallest absolute Gasteiger partial charge is 0.248 e. The van der Waals surface area contributed by atoms with Gasteiger partial charge in [0.25, 0.3) is 0 Å². The third-order valence-electron chi connectivity index (χ3n) is 2.06. The first-order valence-electron chi connectivity index (χ1n) is 3.69. The van der Waals surface area contributed by atoms with Crippen LogP contribution >= 0.6 is 0 Å². The molecule has 0 bridgehead atoms. The largest absolute Gasteiger partial charge is 0.317 e. The molecule has 0 amide bonds. The zero-order chi connectivity index (χ0) is 7.61. The van der Waals surface area contributed by atoms with Crippen molar-refractivity contribution in [2.75, 3.05) is 13.1 Å². The lowest BCUT2D eigenvalue weighted by Crippen LogP contribution is -2.36. The van der Waals surface area contributed by atoms with Crippen LogP contribution < -0.4 is 5.32 Å². The Balaban J connectivity index is 2.39. The van der Waals surface area contributed by atoms with E-state index in [4.69, 9.17) is 0 Å². The lowest BCUT2D eigenvalue weighted by atomic mass is 9.92. The predicted molar refractivity (Wildman–Crippen MR) is 36.2 cm³/mol. The van der Waals surface area contributed by atoms with Crippen molar-refractivity contribution in [1.82, 2.24) is 5.32 Å². The Morgan fingerprint density at radius 3 is 2.10 bits per heavy atom. The van der Waals surface area contributed by atoms with Gasteiger partial charge in [0.2, 0.25) is 5.92 Å². The molecule has 1 aliphatic rings. The molecule has 1 aliphatic heterocycles. The van der Waals surface area contributed by atoms with Crippen LogP contribution in [0.15, 0.2) is 0 Å². The monoisotopic (exact) mass is 149 g/mol. The van der Waals surface area contributed by atoms with E-state index in [2.05, 4.69) is 5.32 Å². The van der Waals surface area contributed by atoms with Gasteiger partial charge in [0, 0.05) is 5.92 Å². The van der Waals surface area contributed by atoms with E-state index in [0.717, 1.165) is 20.0 Å².